The number of piperidine rings is 2. The topological polar surface area (TPSA) is 32.5 Å². The van der Waals surface area contributed by atoms with Crippen LogP contribution >= 0.6 is 0 Å². The Bertz CT molecular complexity index is 281. The van der Waals surface area contributed by atoms with Crippen LogP contribution in [0.4, 0.5) is 0 Å². The van der Waals surface area contributed by atoms with E-state index in [1.165, 1.54) is 38.8 Å². The molecule has 3 nitrogen and oxygen atoms in total. The molecule has 0 saturated carbocycles. The van der Waals surface area contributed by atoms with E-state index in [1.807, 2.05) is 0 Å². The Kier molecular flexibility index (Phi) is 4.35. The van der Waals surface area contributed by atoms with E-state index in [9.17, 15) is 0 Å². The third-order valence-corrected chi connectivity index (χ3v) is 5.49. The molecule has 4 atom stereocenters. The summed E-state index contributed by atoms with van der Waals surface area (Å²) in [4.78, 5) is 5.22. The second kappa shape index (κ2) is 5.48. The van der Waals surface area contributed by atoms with E-state index in [-0.39, 0.29) is 5.54 Å². The maximum Gasteiger partial charge on any atom is 0.0361 e. The maximum atomic E-state index is 6.21. The van der Waals surface area contributed by atoms with Gasteiger partial charge in [-0.1, -0.05) is 6.92 Å². The van der Waals surface area contributed by atoms with Gasteiger partial charge in [-0.2, -0.15) is 0 Å². The predicted octanol–water partition coefficient (Wildman–Crippen LogP) is 1.92. The van der Waals surface area contributed by atoms with Gasteiger partial charge in [0.25, 0.3) is 0 Å². The average molecular weight is 253 g/mol. The van der Waals surface area contributed by atoms with Crippen molar-refractivity contribution in [3.8, 4) is 0 Å². The molecule has 0 aliphatic carbocycles. The van der Waals surface area contributed by atoms with Crippen molar-refractivity contribution >= 4 is 0 Å². The first kappa shape index (κ1) is 14.3. The number of hydrogen-bond acceptors (Lipinski definition) is 3. The lowest BCUT2D eigenvalue weighted by molar-refractivity contribution is -0.0356. The largest absolute Gasteiger partial charge is 0.329 e. The van der Waals surface area contributed by atoms with Gasteiger partial charge >= 0.3 is 0 Å². The van der Waals surface area contributed by atoms with Crippen LogP contribution in [0.2, 0.25) is 0 Å². The molecule has 106 valence electrons. The molecule has 2 N–H and O–H groups in total. The zero-order valence-corrected chi connectivity index (χ0v) is 12.7. The molecular formula is C15H31N3. The molecule has 0 radical (unpaired) electrons. The quantitative estimate of drug-likeness (QED) is 0.816. The zero-order chi connectivity index (χ0) is 13.3. The summed E-state index contributed by atoms with van der Waals surface area (Å²) < 4.78 is 0. The SMILES string of the molecule is CC1CCN(C2(CN)CCN(C)C(C)C2)C(C)C1. The van der Waals surface area contributed by atoms with Crippen LogP contribution in [0.3, 0.4) is 0 Å². The fourth-order valence-electron chi connectivity index (χ4n) is 4.09. The first-order chi connectivity index (χ1) is 8.48. The number of likely N-dealkylation sites (tertiary alicyclic amines) is 2. The molecule has 0 aromatic rings. The summed E-state index contributed by atoms with van der Waals surface area (Å²) in [6.07, 6.45) is 5.16. The minimum absolute atomic E-state index is 0.269. The summed E-state index contributed by atoms with van der Waals surface area (Å²) in [5.74, 6) is 0.884. The lowest BCUT2D eigenvalue weighted by Gasteiger charge is -2.54. The van der Waals surface area contributed by atoms with E-state index >= 15 is 0 Å². The van der Waals surface area contributed by atoms with Gasteiger partial charge < -0.3 is 10.6 Å². The number of nitrogens with zero attached hydrogens (tertiary/aromatic N) is 2. The minimum atomic E-state index is 0.269. The molecule has 18 heavy (non-hydrogen) atoms. The van der Waals surface area contributed by atoms with Gasteiger partial charge in [0, 0.05) is 24.2 Å². The van der Waals surface area contributed by atoms with Gasteiger partial charge in [0.05, 0.1) is 0 Å². The molecular weight excluding hydrogens is 222 g/mol. The van der Waals surface area contributed by atoms with Gasteiger partial charge in [-0.25, -0.2) is 0 Å². The van der Waals surface area contributed by atoms with Crippen molar-refractivity contribution in [3.63, 3.8) is 0 Å². The highest BCUT2D eigenvalue weighted by Crippen LogP contribution is 2.36. The van der Waals surface area contributed by atoms with E-state index in [4.69, 9.17) is 5.73 Å². The highest BCUT2D eigenvalue weighted by Gasteiger charge is 2.43. The molecule has 0 aromatic heterocycles. The Hall–Kier alpha value is -0.120. The normalized spacial score (nSPS) is 44.2. The van der Waals surface area contributed by atoms with E-state index in [1.54, 1.807) is 0 Å². The Morgan fingerprint density at radius 1 is 1.17 bits per heavy atom. The van der Waals surface area contributed by atoms with Crippen LogP contribution in [-0.4, -0.2) is 54.1 Å². The Morgan fingerprint density at radius 2 is 1.89 bits per heavy atom. The Morgan fingerprint density at radius 3 is 2.44 bits per heavy atom. The van der Waals surface area contributed by atoms with Gasteiger partial charge in [-0.3, -0.25) is 4.90 Å². The zero-order valence-electron chi connectivity index (χ0n) is 12.7. The van der Waals surface area contributed by atoms with Crippen LogP contribution in [0.25, 0.3) is 0 Å². The lowest BCUT2D eigenvalue weighted by Crippen LogP contribution is -2.64. The molecule has 0 bridgehead atoms. The van der Waals surface area contributed by atoms with Crippen molar-refractivity contribution < 1.29 is 0 Å². The summed E-state index contributed by atoms with van der Waals surface area (Å²) in [6, 6.07) is 1.36. The van der Waals surface area contributed by atoms with Crippen LogP contribution in [0.15, 0.2) is 0 Å². The second-order valence-electron chi connectivity index (χ2n) is 6.88. The van der Waals surface area contributed by atoms with Crippen molar-refractivity contribution in [2.75, 3.05) is 26.7 Å². The van der Waals surface area contributed by atoms with Crippen LogP contribution in [0.5, 0.6) is 0 Å². The Balaban J connectivity index is 2.12. The Labute approximate surface area is 113 Å². The molecule has 0 aromatic carbocycles. The molecule has 2 rings (SSSR count). The summed E-state index contributed by atoms with van der Waals surface area (Å²) >= 11 is 0. The second-order valence-corrected chi connectivity index (χ2v) is 6.88. The van der Waals surface area contributed by atoms with Gasteiger partial charge in [0.2, 0.25) is 0 Å². The highest BCUT2D eigenvalue weighted by atomic mass is 15.3. The minimum Gasteiger partial charge on any atom is -0.329 e. The van der Waals surface area contributed by atoms with Gasteiger partial charge in [-0.15, -0.1) is 0 Å². The lowest BCUT2D eigenvalue weighted by atomic mass is 9.78. The van der Waals surface area contributed by atoms with Crippen LogP contribution in [0.1, 0.15) is 46.5 Å². The molecule has 2 heterocycles. The average Bonchev–Trinajstić information content (AvgIpc) is 2.33. The van der Waals surface area contributed by atoms with E-state index in [0.717, 1.165) is 12.5 Å². The standard InChI is InChI=1S/C15H31N3/c1-12-5-7-18(13(2)9-12)15(11-16)6-8-17(4)14(3)10-15/h12-14H,5-11,16H2,1-4H3. The molecule has 4 unspecified atom stereocenters. The van der Waals surface area contributed by atoms with Crippen molar-refractivity contribution in [2.24, 2.45) is 11.7 Å². The van der Waals surface area contributed by atoms with E-state index in [2.05, 4.69) is 37.6 Å². The van der Waals surface area contributed by atoms with Crippen molar-refractivity contribution in [1.29, 1.82) is 0 Å². The maximum absolute atomic E-state index is 6.21. The van der Waals surface area contributed by atoms with Crippen molar-refractivity contribution in [1.82, 2.24) is 9.80 Å². The summed E-state index contributed by atoms with van der Waals surface area (Å²) in [6.45, 7) is 10.4. The predicted molar refractivity (Wildman–Crippen MR) is 77.7 cm³/mol. The molecule has 3 heteroatoms. The fraction of sp³-hybridized carbons (Fsp3) is 1.00. The summed E-state index contributed by atoms with van der Waals surface area (Å²) in [7, 11) is 2.24. The summed E-state index contributed by atoms with van der Waals surface area (Å²) in [5.41, 5.74) is 6.48. The number of rotatable bonds is 2. The monoisotopic (exact) mass is 253 g/mol. The molecule has 0 amide bonds. The van der Waals surface area contributed by atoms with Crippen LogP contribution in [-0.2, 0) is 0 Å². The van der Waals surface area contributed by atoms with E-state index < -0.39 is 0 Å². The first-order valence-electron chi connectivity index (χ1n) is 7.65. The van der Waals surface area contributed by atoms with Gasteiger partial charge in [-0.05, 0) is 65.6 Å². The third-order valence-electron chi connectivity index (χ3n) is 5.49. The van der Waals surface area contributed by atoms with E-state index in [0.29, 0.717) is 12.1 Å². The van der Waals surface area contributed by atoms with Crippen LogP contribution in [0, 0.1) is 5.92 Å². The third kappa shape index (κ3) is 2.59. The highest BCUT2D eigenvalue weighted by molar-refractivity contribution is 5.01. The molecule has 2 aliphatic rings. The van der Waals surface area contributed by atoms with Crippen LogP contribution < -0.4 is 5.73 Å². The van der Waals surface area contributed by atoms with Crippen molar-refractivity contribution in [2.45, 2.75) is 64.1 Å². The fourth-order valence-corrected chi connectivity index (χ4v) is 4.09. The van der Waals surface area contributed by atoms with Gasteiger partial charge in [0.1, 0.15) is 0 Å². The molecule has 2 saturated heterocycles. The smallest absolute Gasteiger partial charge is 0.0361 e. The molecule has 2 aliphatic heterocycles. The van der Waals surface area contributed by atoms with Gasteiger partial charge in [0.15, 0.2) is 0 Å². The number of nitrogens with two attached hydrogens (primary N) is 1. The van der Waals surface area contributed by atoms with Crippen molar-refractivity contribution in [3.05, 3.63) is 0 Å². The first-order valence-corrected chi connectivity index (χ1v) is 7.65. The molecule has 2 fully saturated rings. The number of hydrogen-bond donors (Lipinski definition) is 1. The molecule has 0 spiro atoms. The summed E-state index contributed by atoms with van der Waals surface area (Å²) in [5, 5.41) is 0.